The van der Waals surface area contributed by atoms with E-state index in [0.29, 0.717) is 13.2 Å². The van der Waals surface area contributed by atoms with E-state index < -0.39 is 5.60 Å². The van der Waals surface area contributed by atoms with E-state index in [1.807, 2.05) is 18.2 Å². The van der Waals surface area contributed by atoms with E-state index in [9.17, 15) is 5.11 Å². The van der Waals surface area contributed by atoms with Crippen LogP contribution in [0, 0.1) is 6.92 Å². The van der Waals surface area contributed by atoms with E-state index in [4.69, 9.17) is 10.5 Å². The predicted molar refractivity (Wildman–Crippen MR) is 76.4 cm³/mol. The molecule has 0 atom stereocenters. The van der Waals surface area contributed by atoms with E-state index in [2.05, 4.69) is 17.9 Å². The lowest BCUT2D eigenvalue weighted by atomic mass is 9.92. The van der Waals surface area contributed by atoms with Crippen molar-refractivity contribution in [2.75, 3.05) is 32.8 Å². The molecule has 1 heterocycles. The van der Waals surface area contributed by atoms with Gasteiger partial charge in [0.25, 0.3) is 0 Å². The average molecular weight is 264 g/mol. The highest BCUT2D eigenvalue weighted by atomic mass is 16.5. The number of nitrogens with zero attached hydrogens (tertiary/aromatic N) is 1. The van der Waals surface area contributed by atoms with Gasteiger partial charge < -0.3 is 15.6 Å². The van der Waals surface area contributed by atoms with Gasteiger partial charge in [-0.05, 0) is 31.4 Å². The molecule has 1 aromatic rings. The lowest BCUT2D eigenvalue weighted by Gasteiger charge is -2.37. The first-order chi connectivity index (χ1) is 9.13. The Bertz CT molecular complexity index is 401. The van der Waals surface area contributed by atoms with Gasteiger partial charge >= 0.3 is 0 Å². The normalized spacial score (nSPS) is 19.3. The topological polar surface area (TPSA) is 58.7 Å². The fourth-order valence-electron chi connectivity index (χ4n) is 2.40. The molecule has 1 aliphatic heterocycles. The first kappa shape index (κ1) is 14.3. The molecule has 4 nitrogen and oxygen atoms in total. The van der Waals surface area contributed by atoms with Gasteiger partial charge in [-0.15, -0.1) is 0 Å². The van der Waals surface area contributed by atoms with E-state index in [0.717, 1.165) is 38.2 Å². The zero-order chi connectivity index (χ0) is 13.7. The second kappa shape index (κ2) is 6.37. The predicted octanol–water partition coefficient (Wildman–Crippen LogP) is 1.16. The van der Waals surface area contributed by atoms with Crippen molar-refractivity contribution < 1.29 is 9.84 Å². The van der Waals surface area contributed by atoms with Gasteiger partial charge in [0.1, 0.15) is 12.4 Å². The Hall–Kier alpha value is -1.10. The number of aliphatic hydroxyl groups is 1. The van der Waals surface area contributed by atoms with Crippen molar-refractivity contribution in [2.24, 2.45) is 5.73 Å². The van der Waals surface area contributed by atoms with E-state index in [-0.39, 0.29) is 0 Å². The number of piperidine rings is 1. The van der Waals surface area contributed by atoms with Crippen LogP contribution in [0.4, 0.5) is 0 Å². The lowest BCUT2D eigenvalue weighted by molar-refractivity contribution is -0.0155. The lowest BCUT2D eigenvalue weighted by Crippen LogP contribution is -2.49. The number of para-hydroxylation sites is 1. The van der Waals surface area contributed by atoms with Crippen LogP contribution in [0.2, 0.25) is 0 Å². The maximum Gasteiger partial charge on any atom is 0.122 e. The van der Waals surface area contributed by atoms with Gasteiger partial charge in [0.2, 0.25) is 0 Å². The molecule has 2 rings (SSSR count). The van der Waals surface area contributed by atoms with Gasteiger partial charge in [-0.1, -0.05) is 18.2 Å². The number of hydrogen-bond donors (Lipinski definition) is 2. The Morgan fingerprint density at radius 3 is 2.63 bits per heavy atom. The summed E-state index contributed by atoms with van der Waals surface area (Å²) in [6, 6.07) is 8.06. The molecule has 0 amide bonds. The smallest absolute Gasteiger partial charge is 0.122 e. The molecule has 0 radical (unpaired) electrons. The highest BCUT2D eigenvalue weighted by Crippen LogP contribution is 2.21. The maximum absolute atomic E-state index is 10.1. The first-order valence-corrected chi connectivity index (χ1v) is 6.96. The van der Waals surface area contributed by atoms with E-state index >= 15 is 0 Å². The minimum absolute atomic E-state index is 0.362. The minimum atomic E-state index is -0.645. The maximum atomic E-state index is 10.1. The summed E-state index contributed by atoms with van der Waals surface area (Å²) in [4.78, 5) is 2.32. The molecule has 1 aromatic carbocycles. The fraction of sp³-hybridized carbons (Fsp3) is 0.600. The largest absolute Gasteiger partial charge is 0.492 e. The van der Waals surface area contributed by atoms with Gasteiger partial charge in [0.05, 0.1) is 5.60 Å². The number of hydrogen-bond acceptors (Lipinski definition) is 4. The molecule has 1 fully saturated rings. The van der Waals surface area contributed by atoms with Crippen molar-refractivity contribution in [3.05, 3.63) is 29.8 Å². The first-order valence-electron chi connectivity index (χ1n) is 6.96. The van der Waals surface area contributed by atoms with Crippen LogP contribution in [0.25, 0.3) is 0 Å². The minimum Gasteiger partial charge on any atom is -0.492 e. The number of likely N-dealkylation sites (tertiary alicyclic amines) is 1. The van der Waals surface area contributed by atoms with Gasteiger partial charge in [0, 0.05) is 26.2 Å². The standard InChI is InChI=1S/C15H24N2O2/c1-13-4-2-3-5-14(13)19-11-10-17-8-6-15(18,12-16)7-9-17/h2-5,18H,6-12,16H2,1H3. The molecule has 19 heavy (non-hydrogen) atoms. The molecule has 0 saturated carbocycles. The van der Waals surface area contributed by atoms with Crippen LogP contribution in [0.15, 0.2) is 24.3 Å². The van der Waals surface area contributed by atoms with Crippen molar-refractivity contribution in [1.82, 2.24) is 4.90 Å². The summed E-state index contributed by atoms with van der Waals surface area (Å²) in [5.74, 6) is 0.956. The molecule has 4 heteroatoms. The van der Waals surface area contributed by atoms with Crippen LogP contribution in [0.1, 0.15) is 18.4 Å². The molecule has 106 valence electrons. The summed E-state index contributed by atoms with van der Waals surface area (Å²) in [6.45, 7) is 5.79. The molecule has 0 spiro atoms. The Morgan fingerprint density at radius 1 is 1.32 bits per heavy atom. The zero-order valence-electron chi connectivity index (χ0n) is 11.6. The number of aryl methyl sites for hydroxylation is 1. The van der Waals surface area contributed by atoms with Crippen LogP contribution in [0.3, 0.4) is 0 Å². The summed E-state index contributed by atoms with van der Waals surface area (Å²) >= 11 is 0. The fourth-order valence-corrected chi connectivity index (χ4v) is 2.40. The SMILES string of the molecule is Cc1ccccc1OCCN1CCC(O)(CN)CC1. The highest BCUT2D eigenvalue weighted by Gasteiger charge is 2.30. The van der Waals surface area contributed by atoms with E-state index in [1.54, 1.807) is 0 Å². The molecule has 1 saturated heterocycles. The molecule has 3 N–H and O–H groups in total. The summed E-state index contributed by atoms with van der Waals surface area (Å²) in [5.41, 5.74) is 6.10. The molecule has 0 aliphatic carbocycles. The summed E-state index contributed by atoms with van der Waals surface area (Å²) < 4.78 is 5.79. The monoisotopic (exact) mass is 264 g/mol. The van der Waals surface area contributed by atoms with Crippen molar-refractivity contribution in [3.63, 3.8) is 0 Å². The van der Waals surface area contributed by atoms with Crippen molar-refractivity contribution in [1.29, 1.82) is 0 Å². The van der Waals surface area contributed by atoms with Crippen LogP contribution in [-0.2, 0) is 0 Å². The van der Waals surface area contributed by atoms with Crippen molar-refractivity contribution >= 4 is 0 Å². The van der Waals surface area contributed by atoms with E-state index in [1.165, 1.54) is 5.56 Å². The van der Waals surface area contributed by atoms with Crippen molar-refractivity contribution in [3.8, 4) is 5.75 Å². The number of benzene rings is 1. The second-order valence-corrected chi connectivity index (χ2v) is 5.38. The number of rotatable bonds is 5. The third-order valence-electron chi connectivity index (χ3n) is 3.93. The Kier molecular flexibility index (Phi) is 4.80. The Morgan fingerprint density at radius 2 is 2.00 bits per heavy atom. The third kappa shape index (κ3) is 3.93. The van der Waals surface area contributed by atoms with Gasteiger partial charge in [0.15, 0.2) is 0 Å². The summed E-state index contributed by atoms with van der Waals surface area (Å²) in [6.07, 6.45) is 1.52. The molecule has 0 bridgehead atoms. The van der Waals surface area contributed by atoms with Crippen molar-refractivity contribution in [2.45, 2.75) is 25.4 Å². The van der Waals surface area contributed by atoms with Gasteiger partial charge in [-0.25, -0.2) is 0 Å². The van der Waals surface area contributed by atoms with Crippen LogP contribution >= 0.6 is 0 Å². The van der Waals surface area contributed by atoms with Crippen LogP contribution in [-0.4, -0.2) is 48.4 Å². The third-order valence-corrected chi connectivity index (χ3v) is 3.93. The van der Waals surface area contributed by atoms with Gasteiger partial charge in [-0.2, -0.15) is 0 Å². The Labute approximate surface area is 115 Å². The highest BCUT2D eigenvalue weighted by molar-refractivity contribution is 5.31. The molecular formula is C15H24N2O2. The summed E-state index contributed by atoms with van der Waals surface area (Å²) in [7, 11) is 0. The second-order valence-electron chi connectivity index (χ2n) is 5.38. The Balaban J connectivity index is 1.72. The number of nitrogens with two attached hydrogens (primary N) is 1. The number of ether oxygens (including phenoxy) is 1. The zero-order valence-corrected chi connectivity index (χ0v) is 11.6. The summed E-state index contributed by atoms with van der Waals surface area (Å²) in [5, 5.41) is 10.1. The molecule has 0 aromatic heterocycles. The van der Waals surface area contributed by atoms with Crippen LogP contribution in [0.5, 0.6) is 5.75 Å². The molecular weight excluding hydrogens is 240 g/mol. The average Bonchev–Trinajstić information content (AvgIpc) is 2.43. The van der Waals surface area contributed by atoms with Crippen LogP contribution < -0.4 is 10.5 Å². The molecule has 1 aliphatic rings. The molecule has 0 unspecified atom stereocenters. The quantitative estimate of drug-likeness (QED) is 0.838. The van der Waals surface area contributed by atoms with Gasteiger partial charge in [-0.3, -0.25) is 4.90 Å².